The third kappa shape index (κ3) is 60.9. The average Bonchev–Trinajstić information content (AvgIpc) is 3.39. The van der Waals surface area contributed by atoms with Gasteiger partial charge in [0.2, 0.25) is 0 Å². The van der Waals surface area contributed by atoms with E-state index in [4.69, 9.17) is 14.2 Å². The van der Waals surface area contributed by atoms with Gasteiger partial charge in [0.05, 0.1) is 0 Å². The fourth-order valence-electron chi connectivity index (χ4n) is 10.3. The molecule has 0 rings (SSSR count). The second-order valence-electron chi connectivity index (χ2n) is 22.7. The van der Waals surface area contributed by atoms with Crippen LogP contribution in [0.25, 0.3) is 0 Å². The van der Waals surface area contributed by atoms with Gasteiger partial charge in [0.15, 0.2) is 6.10 Å². The minimum atomic E-state index is -0.767. The Bertz CT molecular complexity index is 1130. The van der Waals surface area contributed by atoms with Crippen molar-refractivity contribution in [1.82, 2.24) is 0 Å². The van der Waals surface area contributed by atoms with E-state index in [1.165, 1.54) is 283 Å². The summed E-state index contributed by atoms with van der Waals surface area (Å²) >= 11 is 0. The molecule has 0 radical (unpaired) electrons. The average molecular weight is 1030 g/mol. The number of hydrogen-bond donors (Lipinski definition) is 0. The molecule has 0 spiro atoms. The molecule has 0 saturated heterocycles. The lowest BCUT2D eigenvalue weighted by Gasteiger charge is -2.18. The van der Waals surface area contributed by atoms with Gasteiger partial charge < -0.3 is 14.2 Å². The van der Waals surface area contributed by atoms with Crippen LogP contribution < -0.4 is 0 Å². The number of esters is 3. The maximum absolute atomic E-state index is 12.9. The number of carbonyl (C=O) groups is 3. The summed E-state index contributed by atoms with van der Waals surface area (Å²) in [5.74, 6) is -0.835. The van der Waals surface area contributed by atoms with Gasteiger partial charge in [0.25, 0.3) is 0 Å². The van der Waals surface area contributed by atoms with Gasteiger partial charge in [0, 0.05) is 19.3 Å². The van der Waals surface area contributed by atoms with Crippen molar-refractivity contribution in [1.29, 1.82) is 0 Å². The number of rotatable bonds is 62. The molecule has 1 atom stereocenters. The Morgan fingerprint density at radius 1 is 0.260 bits per heavy atom. The molecule has 1 unspecified atom stereocenters. The van der Waals surface area contributed by atoms with Crippen molar-refractivity contribution in [3.63, 3.8) is 0 Å². The molecule has 0 saturated carbocycles. The van der Waals surface area contributed by atoms with Crippen LogP contribution in [0.5, 0.6) is 0 Å². The van der Waals surface area contributed by atoms with Crippen LogP contribution in [0, 0.1) is 0 Å². The van der Waals surface area contributed by atoms with Crippen molar-refractivity contribution in [3.05, 3.63) is 12.2 Å². The second kappa shape index (κ2) is 62.7. The molecule has 0 amide bonds. The molecule has 73 heavy (non-hydrogen) atoms. The first-order chi connectivity index (χ1) is 36.0. The van der Waals surface area contributed by atoms with Gasteiger partial charge in [-0.15, -0.1) is 0 Å². The lowest BCUT2D eigenvalue weighted by Crippen LogP contribution is -2.30. The molecule has 0 aromatic carbocycles. The number of ether oxygens (including phenoxy) is 3. The van der Waals surface area contributed by atoms with Gasteiger partial charge in [-0.25, -0.2) is 0 Å². The molecule has 0 heterocycles. The van der Waals surface area contributed by atoms with Gasteiger partial charge >= 0.3 is 17.9 Å². The van der Waals surface area contributed by atoms with E-state index < -0.39 is 6.10 Å². The van der Waals surface area contributed by atoms with Crippen LogP contribution in [0.1, 0.15) is 380 Å². The predicted molar refractivity (Wildman–Crippen MR) is 317 cm³/mol. The third-order valence-electron chi connectivity index (χ3n) is 15.3. The van der Waals surface area contributed by atoms with Gasteiger partial charge in [-0.3, -0.25) is 14.4 Å². The zero-order chi connectivity index (χ0) is 52.9. The minimum Gasteiger partial charge on any atom is -0.462 e. The first kappa shape index (κ1) is 71.2. The van der Waals surface area contributed by atoms with Gasteiger partial charge in [-0.05, 0) is 44.9 Å². The van der Waals surface area contributed by atoms with E-state index in [9.17, 15) is 14.4 Å². The van der Waals surface area contributed by atoms with Gasteiger partial charge in [-0.2, -0.15) is 0 Å². The smallest absolute Gasteiger partial charge is 0.306 e. The Morgan fingerprint density at radius 3 is 0.685 bits per heavy atom. The Morgan fingerprint density at radius 2 is 0.452 bits per heavy atom. The normalized spacial score (nSPS) is 12.0. The third-order valence-corrected chi connectivity index (χ3v) is 15.3. The fourth-order valence-corrected chi connectivity index (χ4v) is 10.3. The zero-order valence-electron chi connectivity index (χ0n) is 49.7. The largest absolute Gasteiger partial charge is 0.462 e. The van der Waals surface area contributed by atoms with Gasteiger partial charge in [-0.1, -0.05) is 328 Å². The Kier molecular flexibility index (Phi) is 61.1. The summed E-state index contributed by atoms with van der Waals surface area (Å²) in [7, 11) is 0. The fraction of sp³-hybridized carbons (Fsp3) is 0.925. The SMILES string of the molecule is CCCCCCCCCC/C=C\CCCCCCCCCC(=O)OCC(COC(=O)CCCCCCCCCCCCCCCCCCC)OC(=O)CCCCCCCCCCCCCCCCCCCCC. The maximum atomic E-state index is 12.9. The first-order valence-electron chi connectivity index (χ1n) is 33.2. The molecule has 0 fully saturated rings. The zero-order valence-corrected chi connectivity index (χ0v) is 49.7. The molecule has 6 heteroatoms. The summed E-state index contributed by atoms with van der Waals surface area (Å²) in [4.78, 5) is 38.4. The molecule has 0 aliphatic rings. The number of carbonyl (C=O) groups excluding carboxylic acids is 3. The molecule has 0 aliphatic carbocycles. The van der Waals surface area contributed by atoms with E-state index >= 15 is 0 Å². The number of hydrogen-bond acceptors (Lipinski definition) is 6. The first-order valence-corrected chi connectivity index (χ1v) is 33.2. The van der Waals surface area contributed by atoms with E-state index in [1.54, 1.807) is 0 Å². The van der Waals surface area contributed by atoms with E-state index in [1.807, 2.05) is 0 Å². The van der Waals surface area contributed by atoms with Crippen LogP contribution in [0.4, 0.5) is 0 Å². The molecule has 0 aromatic heterocycles. The Balaban J connectivity index is 4.30. The monoisotopic (exact) mass is 1030 g/mol. The maximum Gasteiger partial charge on any atom is 0.306 e. The van der Waals surface area contributed by atoms with E-state index in [0.29, 0.717) is 19.3 Å². The second-order valence-corrected chi connectivity index (χ2v) is 22.7. The van der Waals surface area contributed by atoms with E-state index in [-0.39, 0.29) is 31.1 Å². The highest BCUT2D eigenvalue weighted by molar-refractivity contribution is 5.71. The highest BCUT2D eigenvalue weighted by Crippen LogP contribution is 2.18. The topological polar surface area (TPSA) is 78.9 Å². The van der Waals surface area contributed by atoms with Gasteiger partial charge in [0.1, 0.15) is 13.2 Å². The molecule has 6 nitrogen and oxygen atoms in total. The predicted octanol–water partition coefficient (Wildman–Crippen LogP) is 22.4. The number of unbranched alkanes of at least 4 members (excludes halogenated alkanes) is 49. The standard InChI is InChI=1S/C67H128O6/c1-4-7-10-13-16-19-22-25-28-31-33-36-39-42-45-48-51-54-57-60-66(69)72-63-64(62-71-65(68)59-56-53-50-47-44-41-38-35-30-27-24-21-18-15-12-9-6-3)73-67(70)61-58-55-52-49-46-43-40-37-34-32-29-26-23-20-17-14-11-8-5-2/h31,33,64H,4-30,32,34-63H2,1-3H3/b33-31-. The summed E-state index contributed by atoms with van der Waals surface area (Å²) in [5, 5.41) is 0. The summed E-state index contributed by atoms with van der Waals surface area (Å²) in [6, 6.07) is 0. The summed E-state index contributed by atoms with van der Waals surface area (Å²) in [5.41, 5.74) is 0. The van der Waals surface area contributed by atoms with Crippen molar-refractivity contribution in [2.75, 3.05) is 13.2 Å². The summed E-state index contributed by atoms with van der Waals surface area (Å²) < 4.78 is 17.0. The van der Waals surface area contributed by atoms with Crippen molar-refractivity contribution < 1.29 is 28.6 Å². The quantitative estimate of drug-likeness (QED) is 0.0261. The molecular formula is C67H128O6. The highest BCUT2D eigenvalue weighted by Gasteiger charge is 2.19. The van der Waals surface area contributed by atoms with Crippen molar-refractivity contribution in [2.45, 2.75) is 386 Å². The van der Waals surface area contributed by atoms with E-state index in [0.717, 1.165) is 57.8 Å². The lowest BCUT2D eigenvalue weighted by atomic mass is 10.0. The van der Waals surface area contributed by atoms with Crippen LogP contribution in [-0.4, -0.2) is 37.2 Å². The molecule has 432 valence electrons. The van der Waals surface area contributed by atoms with Crippen LogP contribution in [0.15, 0.2) is 12.2 Å². The molecule has 0 N–H and O–H groups in total. The Labute approximate surface area is 456 Å². The van der Waals surface area contributed by atoms with Crippen molar-refractivity contribution >= 4 is 17.9 Å². The Hall–Kier alpha value is -1.85. The van der Waals surface area contributed by atoms with Crippen LogP contribution in [-0.2, 0) is 28.6 Å². The minimum absolute atomic E-state index is 0.0644. The molecule has 0 aliphatic heterocycles. The molecule has 0 bridgehead atoms. The number of allylic oxidation sites excluding steroid dienone is 2. The highest BCUT2D eigenvalue weighted by atomic mass is 16.6. The molecule has 0 aromatic rings. The summed E-state index contributed by atoms with van der Waals surface area (Å²) in [6.45, 7) is 6.72. The van der Waals surface area contributed by atoms with Crippen LogP contribution >= 0.6 is 0 Å². The van der Waals surface area contributed by atoms with Crippen molar-refractivity contribution in [2.24, 2.45) is 0 Å². The lowest BCUT2D eigenvalue weighted by molar-refractivity contribution is -0.167. The summed E-state index contributed by atoms with van der Waals surface area (Å²) in [6.07, 6.45) is 73.6. The van der Waals surface area contributed by atoms with Crippen LogP contribution in [0.2, 0.25) is 0 Å². The van der Waals surface area contributed by atoms with Crippen molar-refractivity contribution in [3.8, 4) is 0 Å². The molecular weight excluding hydrogens is 901 g/mol. The van der Waals surface area contributed by atoms with E-state index in [2.05, 4.69) is 32.9 Å². The van der Waals surface area contributed by atoms with Crippen LogP contribution in [0.3, 0.4) is 0 Å².